The monoisotopic (exact) mass is 367 g/mol. The number of amides is 1. The molecule has 1 atom stereocenters. The molecule has 0 bridgehead atoms. The number of phenolic OH excluding ortho intramolecular Hbond substituents is 1. The van der Waals surface area contributed by atoms with E-state index in [-0.39, 0.29) is 29.8 Å². The molecule has 2 heterocycles. The first kappa shape index (κ1) is 17.1. The standard InChI is InChI=1S/C20H18FN3O3/c1-2-27-18-8-12(6-7-17(18)25)15-10-19(26)23-20-16(15)11-22-24(20)14-5-3-4-13(21)9-14/h3-9,11,15,25H,2,10H2,1H3,(H,23,26). The van der Waals surface area contributed by atoms with Gasteiger partial charge in [-0.1, -0.05) is 12.1 Å². The third-order valence-corrected chi connectivity index (χ3v) is 4.56. The highest BCUT2D eigenvalue weighted by molar-refractivity contribution is 5.94. The largest absolute Gasteiger partial charge is 0.504 e. The molecule has 0 saturated carbocycles. The molecule has 1 unspecified atom stereocenters. The molecular formula is C20H18FN3O3. The minimum absolute atomic E-state index is 0.0524. The lowest BCUT2D eigenvalue weighted by Crippen LogP contribution is -2.24. The van der Waals surface area contributed by atoms with Crippen molar-refractivity contribution in [3.8, 4) is 17.2 Å². The van der Waals surface area contributed by atoms with Crippen molar-refractivity contribution in [1.29, 1.82) is 0 Å². The van der Waals surface area contributed by atoms with Crippen LogP contribution in [-0.4, -0.2) is 27.4 Å². The first-order valence-corrected chi connectivity index (χ1v) is 8.66. The molecule has 27 heavy (non-hydrogen) atoms. The maximum Gasteiger partial charge on any atom is 0.226 e. The van der Waals surface area contributed by atoms with Gasteiger partial charge in [0.1, 0.15) is 11.6 Å². The van der Waals surface area contributed by atoms with Crippen LogP contribution in [0.5, 0.6) is 11.5 Å². The van der Waals surface area contributed by atoms with Gasteiger partial charge in [0.15, 0.2) is 11.5 Å². The molecule has 7 heteroatoms. The van der Waals surface area contributed by atoms with Crippen LogP contribution in [0, 0.1) is 5.82 Å². The van der Waals surface area contributed by atoms with Crippen LogP contribution in [0.15, 0.2) is 48.7 Å². The second-order valence-corrected chi connectivity index (χ2v) is 6.31. The number of fused-ring (bicyclic) bond motifs is 1. The average Bonchev–Trinajstić information content (AvgIpc) is 3.07. The highest BCUT2D eigenvalue weighted by Gasteiger charge is 2.31. The topological polar surface area (TPSA) is 76.4 Å². The molecule has 6 nitrogen and oxygen atoms in total. The normalized spacial score (nSPS) is 15.9. The van der Waals surface area contributed by atoms with Crippen LogP contribution >= 0.6 is 0 Å². The zero-order chi connectivity index (χ0) is 19.0. The van der Waals surface area contributed by atoms with Crippen LogP contribution in [0.4, 0.5) is 10.2 Å². The first-order chi connectivity index (χ1) is 13.1. The predicted molar refractivity (Wildman–Crippen MR) is 97.9 cm³/mol. The number of benzene rings is 2. The molecule has 1 aromatic heterocycles. The number of hydrogen-bond donors (Lipinski definition) is 2. The Kier molecular flexibility index (Phi) is 4.27. The maximum atomic E-state index is 13.6. The number of hydrogen-bond acceptors (Lipinski definition) is 4. The zero-order valence-corrected chi connectivity index (χ0v) is 14.6. The Hall–Kier alpha value is -3.35. The van der Waals surface area contributed by atoms with Gasteiger partial charge in [0.2, 0.25) is 5.91 Å². The molecule has 138 valence electrons. The number of carbonyl (C=O) groups is 1. The molecule has 0 saturated heterocycles. The van der Waals surface area contributed by atoms with Crippen LogP contribution in [-0.2, 0) is 4.79 Å². The molecule has 3 aromatic rings. The number of rotatable bonds is 4. The molecule has 0 spiro atoms. The van der Waals surface area contributed by atoms with Gasteiger partial charge in [-0.3, -0.25) is 4.79 Å². The SMILES string of the molecule is CCOc1cc(C2CC(=O)Nc3c2cnn3-c2cccc(F)c2)ccc1O. The van der Waals surface area contributed by atoms with Gasteiger partial charge in [0.25, 0.3) is 0 Å². The summed E-state index contributed by atoms with van der Waals surface area (Å²) in [5.74, 6) is 0.173. The number of aromatic hydroxyl groups is 1. The molecule has 0 fully saturated rings. The maximum absolute atomic E-state index is 13.6. The fraction of sp³-hybridized carbons (Fsp3) is 0.200. The summed E-state index contributed by atoms with van der Waals surface area (Å²) in [5.41, 5.74) is 2.19. The lowest BCUT2D eigenvalue weighted by atomic mass is 9.87. The van der Waals surface area contributed by atoms with Gasteiger partial charge in [-0.25, -0.2) is 9.07 Å². The van der Waals surface area contributed by atoms with E-state index in [0.717, 1.165) is 11.1 Å². The van der Waals surface area contributed by atoms with Gasteiger partial charge in [0.05, 0.1) is 18.5 Å². The molecular weight excluding hydrogens is 349 g/mol. The van der Waals surface area contributed by atoms with Gasteiger partial charge in [-0.2, -0.15) is 5.10 Å². The van der Waals surface area contributed by atoms with Crippen molar-refractivity contribution in [2.24, 2.45) is 0 Å². The number of ether oxygens (including phenoxy) is 1. The molecule has 2 aromatic carbocycles. The van der Waals surface area contributed by atoms with E-state index in [9.17, 15) is 14.3 Å². The van der Waals surface area contributed by atoms with Crippen molar-refractivity contribution in [3.63, 3.8) is 0 Å². The third kappa shape index (κ3) is 3.12. The number of carbonyl (C=O) groups excluding carboxylic acids is 1. The van der Waals surface area contributed by atoms with E-state index in [4.69, 9.17) is 4.74 Å². The molecule has 0 aliphatic carbocycles. The van der Waals surface area contributed by atoms with E-state index in [1.807, 2.05) is 6.92 Å². The van der Waals surface area contributed by atoms with E-state index in [2.05, 4.69) is 10.4 Å². The van der Waals surface area contributed by atoms with E-state index >= 15 is 0 Å². The van der Waals surface area contributed by atoms with Crippen molar-refractivity contribution in [1.82, 2.24) is 9.78 Å². The lowest BCUT2D eigenvalue weighted by Gasteiger charge is -2.24. The quantitative estimate of drug-likeness (QED) is 0.739. The minimum Gasteiger partial charge on any atom is -0.504 e. The fourth-order valence-electron chi connectivity index (χ4n) is 3.34. The van der Waals surface area contributed by atoms with E-state index in [1.165, 1.54) is 16.8 Å². The highest BCUT2D eigenvalue weighted by Crippen LogP contribution is 2.40. The van der Waals surface area contributed by atoms with Crippen molar-refractivity contribution in [2.75, 3.05) is 11.9 Å². The van der Waals surface area contributed by atoms with E-state index in [0.29, 0.717) is 23.9 Å². The summed E-state index contributed by atoms with van der Waals surface area (Å²) in [4.78, 5) is 12.3. The Morgan fingerprint density at radius 1 is 1.33 bits per heavy atom. The second kappa shape index (κ2) is 6.75. The van der Waals surface area contributed by atoms with Crippen LogP contribution in [0.3, 0.4) is 0 Å². The molecule has 4 rings (SSSR count). The van der Waals surface area contributed by atoms with Gasteiger partial charge in [0, 0.05) is 17.9 Å². The van der Waals surface area contributed by atoms with Crippen molar-refractivity contribution >= 4 is 11.7 Å². The average molecular weight is 367 g/mol. The van der Waals surface area contributed by atoms with Crippen molar-refractivity contribution < 1.29 is 19.0 Å². The summed E-state index contributed by atoms with van der Waals surface area (Å²) >= 11 is 0. The van der Waals surface area contributed by atoms with Crippen molar-refractivity contribution in [3.05, 3.63) is 65.6 Å². The van der Waals surface area contributed by atoms with Gasteiger partial charge >= 0.3 is 0 Å². The summed E-state index contributed by atoms with van der Waals surface area (Å²) in [6.07, 6.45) is 1.93. The van der Waals surface area contributed by atoms with Crippen molar-refractivity contribution in [2.45, 2.75) is 19.3 Å². The summed E-state index contributed by atoms with van der Waals surface area (Å²) in [5, 5.41) is 17.1. The Labute approximate surface area is 155 Å². The first-order valence-electron chi connectivity index (χ1n) is 8.66. The summed E-state index contributed by atoms with van der Waals surface area (Å²) in [6.45, 7) is 2.26. The van der Waals surface area contributed by atoms with E-state index in [1.54, 1.807) is 36.5 Å². The highest BCUT2D eigenvalue weighted by atomic mass is 19.1. The molecule has 2 N–H and O–H groups in total. The third-order valence-electron chi connectivity index (χ3n) is 4.56. The summed E-state index contributed by atoms with van der Waals surface area (Å²) in [7, 11) is 0. The zero-order valence-electron chi connectivity index (χ0n) is 14.6. The Morgan fingerprint density at radius 3 is 2.96 bits per heavy atom. The van der Waals surface area contributed by atoms with Crippen LogP contribution < -0.4 is 10.1 Å². The van der Waals surface area contributed by atoms with Gasteiger partial charge in [-0.05, 0) is 42.8 Å². The summed E-state index contributed by atoms with van der Waals surface area (Å²) < 4.78 is 20.6. The number of halogens is 1. The fourth-order valence-corrected chi connectivity index (χ4v) is 3.34. The minimum atomic E-state index is -0.379. The lowest BCUT2D eigenvalue weighted by molar-refractivity contribution is -0.116. The number of phenols is 1. The Morgan fingerprint density at radius 2 is 2.19 bits per heavy atom. The smallest absolute Gasteiger partial charge is 0.226 e. The molecule has 0 radical (unpaired) electrons. The number of aromatic nitrogens is 2. The van der Waals surface area contributed by atoms with E-state index < -0.39 is 0 Å². The summed E-state index contributed by atoms with van der Waals surface area (Å²) in [6, 6.07) is 11.1. The number of nitrogens with one attached hydrogen (secondary N) is 1. The second-order valence-electron chi connectivity index (χ2n) is 6.31. The van der Waals surface area contributed by atoms with Crippen LogP contribution in [0.2, 0.25) is 0 Å². The predicted octanol–water partition coefficient (Wildman–Crippen LogP) is 3.59. The number of anilines is 1. The molecule has 1 aliphatic heterocycles. The Bertz CT molecular complexity index is 1020. The molecule has 1 amide bonds. The number of nitrogens with zero attached hydrogens (tertiary/aromatic N) is 2. The Balaban J connectivity index is 1.79. The van der Waals surface area contributed by atoms with Crippen LogP contribution in [0.1, 0.15) is 30.4 Å². The van der Waals surface area contributed by atoms with Crippen LogP contribution in [0.25, 0.3) is 5.69 Å². The van der Waals surface area contributed by atoms with Gasteiger partial charge < -0.3 is 15.2 Å². The molecule has 1 aliphatic rings. The van der Waals surface area contributed by atoms with Gasteiger partial charge in [-0.15, -0.1) is 0 Å².